The molecule has 0 saturated heterocycles. The minimum atomic E-state index is -0.149. The second-order valence-electron chi connectivity index (χ2n) is 6.04. The summed E-state index contributed by atoms with van der Waals surface area (Å²) in [5.41, 5.74) is 0.226. The first-order chi connectivity index (χ1) is 11.8. The van der Waals surface area contributed by atoms with Gasteiger partial charge in [-0.3, -0.25) is 4.79 Å². The Morgan fingerprint density at radius 3 is 2.08 bits per heavy atom. The predicted molar refractivity (Wildman–Crippen MR) is 112 cm³/mol. The Labute approximate surface area is 178 Å². The Bertz CT molecular complexity index is 746. The first kappa shape index (κ1) is 23.4. The number of carbonyl (C=O) groups excluding carboxylic acids is 1. The van der Waals surface area contributed by atoms with Crippen molar-refractivity contribution < 1.29 is 14.3 Å². The number of rotatable bonds is 7. The minimum Gasteiger partial charge on any atom is -0.491 e. The number of benzene rings is 2. The summed E-state index contributed by atoms with van der Waals surface area (Å²) in [7, 11) is -0.149. The van der Waals surface area contributed by atoms with Gasteiger partial charge < -0.3 is 9.47 Å². The van der Waals surface area contributed by atoms with Gasteiger partial charge in [0.2, 0.25) is 0 Å². The van der Waals surface area contributed by atoms with Crippen LogP contribution in [0.5, 0.6) is 11.5 Å². The van der Waals surface area contributed by atoms with E-state index < -0.39 is 0 Å². The van der Waals surface area contributed by atoms with Crippen LogP contribution >= 0.6 is 31.8 Å². The number of hydrogen-bond acceptors (Lipinski definition) is 3. The van der Waals surface area contributed by atoms with Crippen LogP contribution in [-0.4, -0.2) is 36.6 Å². The molecule has 2 rings (SSSR count). The third-order valence-electron chi connectivity index (χ3n) is 3.13. The summed E-state index contributed by atoms with van der Waals surface area (Å²) in [5.74, 6) is 1.35. The normalized spacial score (nSPS) is 11.1. The van der Waals surface area contributed by atoms with Gasteiger partial charge in [-0.25, -0.2) is 0 Å². The molecule has 1 atom stereocenters. The van der Waals surface area contributed by atoms with Crippen molar-refractivity contribution in [2.24, 2.45) is 0 Å². The summed E-state index contributed by atoms with van der Waals surface area (Å²) >= 11 is 12.3. The maximum atomic E-state index is 12.7. The molecule has 0 aromatic heterocycles. The van der Waals surface area contributed by atoms with Crippen molar-refractivity contribution in [2.75, 3.05) is 0 Å². The van der Waals surface area contributed by atoms with Gasteiger partial charge in [-0.05, 0) is 60.5 Å². The molecular weight excluding hydrogens is 385 g/mol. The van der Waals surface area contributed by atoms with Crippen LogP contribution in [0.3, 0.4) is 0 Å². The zero-order valence-electron chi connectivity index (χ0n) is 15.6. The molecule has 1 radical (unpaired) electrons. The molecule has 0 aliphatic heterocycles. The number of ether oxygens (including phenoxy) is 2. The van der Waals surface area contributed by atoms with Crippen molar-refractivity contribution in [3.05, 3.63) is 52.0 Å². The molecule has 3 nitrogen and oxygen atoms in total. The van der Waals surface area contributed by atoms with Crippen LogP contribution in [0.4, 0.5) is 0 Å². The maximum Gasteiger partial charge on any atom is 0.188 e. The molecule has 0 aliphatic rings. The van der Waals surface area contributed by atoms with Gasteiger partial charge in [0, 0.05) is 30.2 Å². The van der Waals surface area contributed by atoms with Crippen LogP contribution in [0, 0.1) is 0 Å². The topological polar surface area (TPSA) is 35.5 Å². The fourth-order valence-corrected chi connectivity index (χ4v) is 3.99. The summed E-state index contributed by atoms with van der Waals surface area (Å²) in [5, 5.41) is 1.51. The molecule has 2 aromatic rings. The third kappa shape index (κ3) is 6.49. The first-order valence-electron chi connectivity index (χ1n) is 8.00. The van der Waals surface area contributed by atoms with Crippen molar-refractivity contribution in [3.8, 4) is 11.5 Å². The van der Waals surface area contributed by atoms with E-state index in [0.717, 1.165) is 5.30 Å². The van der Waals surface area contributed by atoms with Crippen LogP contribution in [0.1, 0.15) is 38.1 Å². The number of halogens is 2. The van der Waals surface area contributed by atoms with Gasteiger partial charge in [0.15, 0.2) is 5.52 Å². The molecule has 0 bridgehead atoms. The van der Waals surface area contributed by atoms with Crippen molar-refractivity contribution >= 4 is 61.5 Å². The zero-order chi connectivity index (χ0) is 18.6. The largest absolute Gasteiger partial charge is 0.491 e. The molecule has 135 valence electrons. The number of carbonyl (C=O) groups is 1. The van der Waals surface area contributed by atoms with E-state index in [1.165, 1.54) is 0 Å². The van der Waals surface area contributed by atoms with Crippen molar-refractivity contribution in [3.63, 3.8) is 0 Å². The summed E-state index contributed by atoms with van der Waals surface area (Å²) in [6.07, 6.45) is 0.0422. The van der Waals surface area contributed by atoms with Crippen molar-refractivity contribution in [1.82, 2.24) is 0 Å². The van der Waals surface area contributed by atoms with Crippen LogP contribution in [-0.2, 0) is 0 Å². The van der Waals surface area contributed by atoms with E-state index in [-0.39, 0.29) is 45.2 Å². The van der Waals surface area contributed by atoms with E-state index in [9.17, 15) is 4.79 Å². The van der Waals surface area contributed by atoms with Crippen LogP contribution in [0.25, 0.3) is 0 Å². The third-order valence-corrected chi connectivity index (χ3v) is 4.91. The second-order valence-corrected chi connectivity index (χ2v) is 8.10. The molecule has 7 heteroatoms. The minimum absolute atomic E-state index is 0. The van der Waals surface area contributed by atoms with E-state index in [1.807, 2.05) is 45.9 Å². The summed E-state index contributed by atoms with van der Waals surface area (Å²) < 4.78 is 11.6. The maximum absolute atomic E-state index is 12.7. The molecule has 2 aromatic carbocycles. The molecule has 0 spiro atoms. The van der Waals surface area contributed by atoms with Gasteiger partial charge in [-0.2, -0.15) is 0 Å². The Hall–Kier alpha value is -0.683. The Kier molecular flexibility index (Phi) is 9.52. The Morgan fingerprint density at radius 1 is 0.962 bits per heavy atom. The predicted octanol–water partition coefficient (Wildman–Crippen LogP) is 5.33. The van der Waals surface area contributed by atoms with Crippen molar-refractivity contribution in [2.45, 2.75) is 39.9 Å². The summed E-state index contributed by atoms with van der Waals surface area (Å²) in [6, 6.07) is 10.6. The van der Waals surface area contributed by atoms with Crippen LogP contribution < -0.4 is 14.8 Å². The molecule has 0 aliphatic carbocycles. The Morgan fingerprint density at radius 2 is 1.54 bits per heavy atom. The van der Waals surface area contributed by atoms with Gasteiger partial charge in [-0.15, -0.1) is 0 Å². The van der Waals surface area contributed by atoms with E-state index in [0.29, 0.717) is 27.1 Å². The van der Waals surface area contributed by atoms with Gasteiger partial charge in [0.25, 0.3) is 0 Å². The smallest absolute Gasteiger partial charge is 0.188 e. The van der Waals surface area contributed by atoms with Gasteiger partial charge in [-0.1, -0.05) is 29.3 Å². The van der Waals surface area contributed by atoms with E-state index in [2.05, 4.69) is 0 Å². The van der Waals surface area contributed by atoms with E-state index >= 15 is 0 Å². The van der Waals surface area contributed by atoms with Gasteiger partial charge >= 0.3 is 0 Å². The average Bonchev–Trinajstić information content (AvgIpc) is 2.48. The molecule has 0 fully saturated rings. The summed E-state index contributed by atoms with van der Waals surface area (Å²) in [6.45, 7) is 7.80. The van der Waals surface area contributed by atoms with Crippen LogP contribution in [0.15, 0.2) is 36.4 Å². The van der Waals surface area contributed by atoms with Gasteiger partial charge in [0.05, 0.1) is 27.8 Å². The fourth-order valence-electron chi connectivity index (χ4n) is 2.20. The number of hydrogen-bond donors (Lipinski definition) is 0. The first-order valence-corrected chi connectivity index (χ1v) is 9.76. The molecule has 1 unspecified atom stereocenters. The monoisotopic (exact) mass is 405 g/mol. The molecule has 0 amide bonds. The SMILES string of the molecule is CC(C)Oc1ccc(PC(=O)c2c(Cl)cccc2Cl)c(OC(C)C)c1.[Li]. The fraction of sp³-hybridized carbons (Fsp3) is 0.316. The average molecular weight is 406 g/mol. The second kappa shape index (κ2) is 10.6. The molecule has 0 heterocycles. The standard InChI is InChI=1S/C19H21Cl2O3P.Li/c1-11(2)23-13-8-9-17(16(10-13)24-12(3)4)25-19(22)18-14(20)6-5-7-15(18)21;/h5-12,25H,1-4H3;. The van der Waals surface area contributed by atoms with E-state index in [1.54, 1.807) is 18.2 Å². The van der Waals surface area contributed by atoms with Gasteiger partial charge in [0.1, 0.15) is 11.5 Å². The zero-order valence-corrected chi connectivity index (χ0v) is 18.1. The molecule has 26 heavy (non-hydrogen) atoms. The van der Waals surface area contributed by atoms with E-state index in [4.69, 9.17) is 32.7 Å². The quantitative estimate of drug-likeness (QED) is 0.461. The summed E-state index contributed by atoms with van der Waals surface area (Å²) in [4.78, 5) is 12.7. The molecular formula is C19H21Cl2LiO3P. The Balaban J connectivity index is 0.00000338. The molecule has 0 N–H and O–H groups in total. The molecule has 0 saturated carbocycles. The van der Waals surface area contributed by atoms with Crippen LogP contribution in [0.2, 0.25) is 10.0 Å². The van der Waals surface area contributed by atoms with Crippen molar-refractivity contribution in [1.29, 1.82) is 0 Å².